The van der Waals surface area contributed by atoms with E-state index in [1.54, 1.807) is 43.5 Å². The lowest BCUT2D eigenvalue weighted by atomic mass is 10.0. The average Bonchev–Trinajstić information content (AvgIpc) is 2.81. The van der Waals surface area contributed by atoms with E-state index < -0.39 is 28.1 Å². The van der Waals surface area contributed by atoms with Gasteiger partial charge in [-0.25, -0.2) is 13.1 Å². The van der Waals surface area contributed by atoms with Gasteiger partial charge in [0.25, 0.3) is 5.84 Å². The highest BCUT2D eigenvalue weighted by Gasteiger charge is 2.31. The van der Waals surface area contributed by atoms with Crippen LogP contribution in [0.2, 0.25) is 0 Å². The summed E-state index contributed by atoms with van der Waals surface area (Å²) in [6.45, 7) is 0.0935. The number of sulfonamides is 1. The van der Waals surface area contributed by atoms with Crippen LogP contribution in [0.15, 0.2) is 48.5 Å². The van der Waals surface area contributed by atoms with Crippen LogP contribution in [0.5, 0.6) is 5.75 Å². The molecule has 3 rings (SSSR count). The molecule has 1 aliphatic heterocycles. The number of carbonyl (C=O) groups is 2. The monoisotopic (exact) mass is 503 g/mol. The first-order valence-electron chi connectivity index (χ1n) is 11.2. The molecule has 2 unspecified atom stereocenters. The van der Waals surface area contributed by atoms with Gasteiger partial charge in [-0.3, -0.25) is 20.7 Å². The molecule has 188 valence electrons. The average molecular weight is 504 g/mol. The van der Waals surface area contributed by atoms with Gasteiger partial charge in [0.1, 0.15) is 11.9 Å². The van der Waals surface area contributed by atoms with Crippen LogP contribution < -0.4 is 25.9 Å². The second-order valence-corrected chi connectivity index (χ2v) is 10.3. The number of rotatable bonds is 11. The standard InChI is InChI=1S/C24H30N4O6S/c1-33-20-8-4-16(5-9-20)10-11-35(31,32)28-19-13-21(34-23(30)14-19)15-27-22(29)12-17-2-6-18(7-3-17)24(25)26/h2-9,19,21,28H,10-15H2,1H3,(H3,25,26)(H,27,29)/p+1. The minimum Gasteiger partial charge on any atom is -0.497 e. The first-order chi connectivity index (χ1) is 16.6. The van der Waals surface area contributed by atoms with Gasteiger partial charge in [0.15, 0.2) is 0 Å². The second kappa shape index (κ2) is 11.8. The van der Waals surface area contributed by atoms with Crippen LogP contribution in [-0.4, -0.2) is 57.7 Å². The fourth-order valence-electron chi connectivity index (χ4n) is 3.75. The summed E-state index contributed by atoms with van der Waals surface area (Å²) in [6.07, 6.45) is 0.0525. The molecule has 1 amide bonds. The van der Waals surface area contributed by atoms with Crippen LogP contribution >= 0.6 is 0 Å². The molecule has 10 nitrogen and oxygen atoms in total. The van der Waals surface area contributed by atoms with Crippen molar-refractivity contribution in [2.75, 3.05) is 19.4 Å². The molecule has 0 bridgehead atoms. The molecule has 0 saturated carbocycles. The number of methoxy groups -OCH3 is 1. The zero-order valence-corrected chi connectivity index (χ0v) is 20.3. The number of hydrogen-bond donors (Lipinski definition) is 4. The molecule has 1 fully saturated rings. The number of amidine groups is 1. The maximum Gasteiger partial charge on any atom is 0.307 e. The molecule has 6 N–H and O–H groups in total. The fourth-order valence-corrected chi connectivity index (χ4v) is 5.06. The fraction of sp³-hybridized carbons (Fsp3) is 0.375. The van der Waals surface area contributed by atoms with Crippen molar-refractivity contribution in [2.45, 2.75) is 37.8 Å². The zero-order chi connectivity index (χ0) is 25.4. The first-order valence-corrected chi connectivity index (χ1v) is 12.8. The topological polar surface area (TPSA) is 162 Å². The number of amides is 1. The van der Waals surface area contributed by atoms with E-state index in [1.165, 1.54) is 0 Å². The Morgan fingerprint density at radius 2 is 1.80 bits per heavy atom. The third kappa shape index (κ3) is 8.37. The molecule has 0 radical (unpaired) electrons. The third-order valence-electron chi connectivity index (χ3n) is 5.60. The molecule has 11 heteroatoms. The maximum atomic E-state index is 12.6. The minimum absolute atomic E-state index is 0.0557. The number of nitrogens with two attached hydrogens (primary N) is 2. The Morgan fingerprint density at radius 1 is 1.14 bits per heavy atom. The Balaban J connectivity index is 1.46. The number of carbonyl (C=O) groups excluding carboxylic acids is 2. The van der Waals surface area contributed by atoms with Crippen molar-refractivity contribution in [2.24, 2.45) is 5.73 Å². The van der Waals surface area contributed by atoms with E-state index in [2.05, 4.69) is 10.0 Å². The van der Waals surface area contributed by atoms with Gasteiger partial charge >= 0.3 is 5.97 Å². The normalized spacial score (nSPS) is 17.9. The molecule has 0 spiro atoms. The van der Waals surface area contributed by atoms with Crippen LogP contribution in [0.4, 0.5) is 0 Å². The number of nitrogens with one attached hydrogen (secondary N) is 2. The van der Waals surface area contributed by atoms with Gasteiger partial charge in [0.05, 0.1) is 37.8 Å². The SMILES string of the molecule is COc1ccc(CCS(=O)(=O)NC2CC(=O)OC(CNC(=O)Cc3ccc(C(N)=[NH2+])cc3)C2)cc1. The van der Waals surface area contributed by atoms with Crippen LogP contribution in [-0.2, 0) is 37.2 Å². The number of esters is 1. The highest BCUT2D eigenvalue weighted by molar-refractivity contribution is 7.89. The van der Waals surface area contributed by atoms with Crippen LogP contribution in [0.1, 0.15) is 29.5 Å². The summed E-state index contributed by atoms with van der Waals surface area (Å²) in [5.74, 6) is 0.0248. The van der Waals surface area contributed by atoms with E-state index in [-0.39, 0.29) is 43.3 Å². The summed E-state index contributed by atoms with van der Waals surface area (Å²) >= 11 is 0. The van der Waals surface area contributed by atoms with E-state index in [1.807, 2.05) is 12.1 Å². The van der Waals surface area contributed by atoms with Gasteiger partial charge in [-0.15, -0.1) is 0 Å². The Kier molecular flexibility index (Phi) is 8.83. The van der Waals surface area contributed by atoms with Crippen molar-refractivity contribution >= 4 is 27.7 Å². The van der Waals surface area contributed by atoms with Gasteiger partial charge < -0.3 is 14.8 Å². The number of cyclic esters (lactones) is 1. The Hall–Kier alpha value is -3.44. The summed E-state index contributed by atoms with van der Waals surface area (Å²) in [5, 5.41) is 8.28. The zero-order valence-electron chi connectivity index (χ0n) is 19.5. The highest BCUT2D eigenvalue weighted by Crippen LogP contribution is 2.17. The van der Waals surface area contributed by atoms with Crippen LogP contribution in [0, 0.1) is 0 Å². The lowest BCUT2D eigenvalue weighted by Gasteiger charge is -2.29. The predicted molar refractivity (Wildman–Crippen MR) is 130 cm³/mol. The molecule has 2 aromatic rings. The Bertz CT molecular complexity index is 1150. The van der Waals surface area contributed by atoms with Gasteiger partial charge in [-0.1, -0.05) is 24.3 Å². The summed E-state index contributed by atoms with van der Waals surface area (Å²) < 4.78 is 38.1. The molecular weight excluding hydrogens is 472 g/mol. The number of benzene rings is 2. The van der Waals surface area contributed by atoms with E-state index in [0.717, 1.165) is 11.1 Å². The van der Waals surface area contributed by atoms with E-state index in [4.69, 9.17) is 20.6 Å². The van der Waals surface area contributed by atoms with Gasteiger partial charge in [0, 0.05) is 12.5 Å². The van der Waals surface area contributed by atoms with Crippen molar-refractivity contribution in [3.63, 3.8) is 0 Å². The predicted octanol–water partition coefficient (Wildman–Crippen LogP) is -0.945. The van der Waals surface area contributed by atoms with Crippen molar-refractivity contribution < 1.29 is 32.9 Å². The molecule has 1 aliphatic rings. The second-order valence-electron chi connectivity index (χ2n) is 8.42. The third-order valence-corrected chi connectivity index (χ3v) is 7.04. The number of hydrogen-bond acceptors (Lipinski definition) is 6. The maximum absolute atomic E-state index is 12.6. The van der Waals surface area contributed by atoms with Crippen molar-refractivity contribution in [3.8, 4) is 5.75 Å². The van der Waals surface area contributed by atoms with E-state index >= 15 is 0 Å². The van der Waals surface area contributed by atoms with E-state index in [9.17, 15) is 18.0 Å². The van der Waals surface area contributed by atoms with Crippen molar-refractivity contribution in [3.05, 3.63) is 65.2 Å². The minimum atomic E-state index is -3.62. The van der Waals surface area contributed by atoms with Crippen LogP contribution in [0.25, 0.3) is 0 Å². The molecule has 1 saturated heterocycles. The van der Waals surface area contributed by atoms with Gasteiger partial charge in [-0.05, 0) is 41.8 Å². The molecule has 35 heavy (non-hydrogen) atoms. The Labute approximate surface area is 204 Å². The van der Waals surface area contributed by atoms with Crippen LogP contribution in [0.3, 0.4) is 0 Å². The molecule has 2 atom stereocenters. The lowest BCUT2D eigenvalue weighted by Crippen LogP contribution is -2.48. The lowest BCUT2D eigenvalue weighted by molar-refractivity contribution is -0.155. The quantitative estimate of drug-likeness (QED) is 0.175. The first kappa shape index (κ1) is 26.2. The molecule has 0 aliphatic carbocycles. The molecule has 0 aromatic heterocycles. The summed E-state index contributed by atoms with van der Waals surface area (Å²) in [4.78, 5) is 24.3. The van der Waals surface area contributed by atoms with Gasteiger partial charge in [0.2, 0.25) is 15.9 Å². The summed E-state index contributed by atoms with van der Waals surface area (Å²) in [7, 11) is -2.06. The van der Waals surface area contributed by atoms with Crippen molar-refractivity contribution in [1.29, 1.82) is 0 Å². The summed E-state index contributed by atoms with van der Waals surface area (Å²) in [5.41, 5.74) is 7.85. The largest absolute Gasteiger partial charge is 0.497 e. The molecular formula is C24H31N4O6S+. The summed E-state index contributed by atoms with van der Waals surface area (Å²) in [6, 6.07) is 13.5. The molecule has 2 aromatic carbocycles. The van der Waals surface area contributed by atoms with Gasteiger partial charge in [-0.2, -0.15) is 0 Å². The number of ether oxygens (including phenoxy) is 2. The number of aryl methyl sites for hydroxylation is 1. The highest BCUT2D eigenvalue weighted by atomic mass is 32.2. The molecule has 1 heterocycles. The Morgan fingerprint density at radius 3 is 2.43 bits per heavy atom. The smallest absolute Gasteiger partial charge is 0.307 e. The van der Waals surface area contributed by atoms with E-state index in [0.29, 0.717) is 17.7 Å². The van der Waals surface area contributed by atoms with Crippen molar-refractivity contribution in [1.82, 2.24) is 10.0 Å².